The van der Waals surface area contributed by atoms with E-state index in [2.05, 4.69) is 0 Å². The van der Waals surface area contributed by atoms with E-state index in [1.165, 1.54) is 15.6 Å². The van der Waals surface area contributed by atoms with Crippen LogP contribution in [0.1, 0.15) is 16.9 Å². The first kappa shape index (κ1) is 14.9. The highest BCUT2D eigenvalue weighted by Crippen LogP contribution is 2.29. The van der Waals surface area contributed by atoms with E-state index in [1.807, 2.05) is 13.8 Å². The number of hydrogen-bond donors (Lipinski definition) is 1. The highest BCUT2D eigenvalue weighted by molar-refractivity contribution is 7.91. The minimum absolute atomic E-state index is 0. The van der Waals surface area contributed by atoms with E-state index in [4.69, 9.17) is 5.73 Å². The molecule has 2 rings (SSSR count). The fourth-order valence-corrected chi connectivity index (χ4v) is 4.95. The first-order valence-corrected chi connectivity index (χ1v) is 7.49. The van der Waals surface area contributed by atoms with Crippen LogP contribution in [0.15, 0.2) is 10.3 Å². The SMILES string of the molecule is Cc1cc(S(=O)(=O)N2CCC(N)C2)sc1C.Cl. The molecule has 17 heavy (non-hydrogen) atoms. The van der Waals surface area contributed by atoms with Crippen LogP contribution in [-0.4, -0.2) is 31.9 Å². The van der Waals surface area contributed by atoms with Crippen LogP contribution < -0.4 is 5.73 Å². The molecule has 1 aromatic heterocycles. The van der Waals surface area contributed by atoms with Crippen LogP contribution in [0, 0.1) is 13.8 Å². The van der Waals surface area contributed by atoms with Gasteiger partial charge in [-0.15, -0.1) is 23.7 Å². The van der Waals surface area contributed by atoms with E-state index < -0.39 is 10.0 Å². The molecule has 1 aliphatic rings. The Kier molecular flexibility index (Phi) is 4.60. The van der Waals surface area contributed by atoms with Crippen molar-refractivity contribution in [2.45, 2.75) is 30.5 Å². The van der Waals surface area contributed by atoms with Gasteiger partial charge in [-0.05, 0) is 31.9 Å². The Bertz CT molecular complexity index is 479. The minimum atomic E-state index is -3.30. The van der Waals surface area contributed by atoms with Gasteiger partial charge in [0.15, 0.2) is 0 Å². The van der Waals surface area contributed by atoms with E-state index in [0.29, 0.717) is 17.3 Å². The van der Waals surface area contributed by atoms with Crippen molar-refractivity contribution < 1.29 is 8.42 Å². The maximum atomic E-state index is 12.2. The molecule has 0 saturated carbocycles. The summed E-state index contributed by atoms with van der Waals surface area (Å²) in [5.74, 6) is 0. The van der Waals surface area contributed by atoms with Crippen molar-refractivity contribution in [3.63, 3.8) is 0 Å². The van der Waals surface area contributed by atoms with Crippen LogP contribution in [0.3, 0.4) is 0 Å². The quantitative estimate of drug-likeness (QED) is 0.900. The van der Waals surface area contributed by atoms with Gasteiger partial charge >= 0.3 is 0 Å². The Labute approximate surface area is 112 Å². The van der Waals surface area contributed by atoms with Crippen LogP contribution in [0.5, 0.6) is 0 Å². The molecule has 2 heterocycles. The third-order valence-corrected chi connectivity index (χ3v) is 6.39. The zero-order chi connectivity index (χ0) is 11.9. The number of rotatable bonds is 2. The first-order valence-electron chi connectivity index (χ1n) is 5.24. The number of thiophene rings is 1. The molecule has 98 valence electrons. The van der Waals surface area contributed by atoms with E-state index in [-0.39, 0.29) is 18.4 Å². The summed E-state index contributed by atoms with van der Waals surface area (Å²) < 4.78 is 26.4. The molecule has 7 heteroatoms. The van der Waals surface area contributed by atoms with Gasteiger partial charge in [0.2, 0.25) is 0 Å². The van der Waals surface area contributed by atoms with E-state index in [1.54, 1.807) is 6.07 Å². The average molecular weight is 297 g/mol. The molecule has 1 aliphatic heterocycles. The Morgan fingerprint density at radius 3 is 2.53 bits per heavy atom. The van der Waals surface area contributed by atoms with Gasteiger partial charge in [-0.1, -0.05) is 0 Å². The van der Waals surface area contributed by atoms with E-state index in [0.717, 1.165) is 16.9 Å². The number of nitrogens with two attached hydrogens (primary N) is 1. The lowest BCUT2D eigenvalue weighted by Crippen LogP contribution is -2.31. The average Bonchev–Trinajstić information content (AvgIpc) is 2.75. The molecule has 1 saturated heterocycles. The number of aryl methyl sites for hydroxylation is 2. The van der Waals surface area contributed by atoms with Crippen LogP contribution in [-0.2, 0) is 10.0 Å². The predicted molar refractivity (Wildman–Crippen MR) is 72.4 cm³/mol. The van der Waals surface area contributed by atoms with Crippen molar-refractivity contribution in [3.8, 4) is 0 Å². The van der Waals surface area contributed by atoms with Gasteiger partial charge in [0, 0.05) is 24.0 Å². The molecule has 4 nitrogen and oxygen atoms in total. The smallest absolute Gasteiger partial charge is 0.252 e. The zero-order valence-electron chi connectivity index (χ0n) is 9.84. The zero-order valence-corrected chi connectivity index (χ0v) is 12.3. The van der Waals surface area contributed by atoms with Crippen molar-refractivity contribution in [1.82, 2.24) is 4.31 Å². The molecule has 0 aliphatic carbocycles. The van der Waals surface area contributed by atoms with Crippen molar-refractivity contribution in [2.75, 3.05) is 13.1 Å². The largest absolute Gasteiger partial charge is 0.326 e. The Balaban J connectivity index is 0.00000144. The number of sulfonamides is 1. The second-order valence-electron chi connectivity index (χ2n) is 4.22. The van der Waals surface area contributed by atoms with Crippen LogP contribution >= 0.6 is 23.7 Å². The molecule has 2 N–H and O–H groups in total. The van der Waals surface area contributed by atoms with Gasteiger partial charge in [0.25, 0.3) is 10.0 Å². The van der Waals surface area contributed by atoms with Gasteiger partial charge in [-0.2, -0.15) is 4.31 Å². The van der Waals surface area contributed by atoms with Crippen molar-refractivity contribution >= 4 is 33.8 Å². The highest BCUT2D eigenvalue weighted by atomic mass is 35.5. The Morgan fingerprint density at radius 2 is 2.12 bits per heavy atom. The first-order chi connectivity index (χ1) is 7.41. The number of nitrogens with zero attached hydrogens (tertiary/aromatic N) is 1. The van der Waals surface area contributed by atoms with Gasteiger partial charge in [-0.25, -0.2) is 8.42 Å². The lowest BCUT2D eigenvalue weighted by atomic mass is 10.3. The normalized spacial score (nSPS) is 21.5. The molecule has 1 atom stereocenters. The monoisotopic (exact) mass is 296 g/mol. The van der Waals surface area contributed by atoms with Crippen molar-refractivity contribution in [1.29, 1.82) is 0 Å². The molecule has 0 aromatic carbocycles. The topological polar surface area (TPSA) is 63.4 Å². The van der Waals surface area contributed by atoms with Gasteiger partial charge < -0.3 is 5.73 Å². The molecule has 0 bridgehead atoms. The third-order valence-electron chi connectivity index (χ3n) is 2.92. The molecule has 0 amide bonds. The van der Waals surface area contributed by atoms with E-state index in [9.17, 15) is 8.42 Å². The summed E-state index contributed by atoms with van der Waals surface area (Å²) in [5.41, 5.74) is 6.77. The van der Waals surface area contributed by atoms with Crippen molar-refractivity contribution in [3.05, 3.63) is 16.5 Å². The summed E-state index contributed by atoms with van der Waals surface area (Å²) in [7, 11) is -3.30. The molecule has 0 spiro atoms. The lowest BCUT2D eigenvalue weighted by Gasteiger charge is -2.14. The molecule has 1 aromatic rings. The molecule has 1 fully saturated rings. The summed E-state index contributed by atoms with van der Waals surface area (Å²) in [5, 5.41) is 0. The fraction of sp³-hybridized carbons (Fsp3) is 0.600. The second kappa shape index (κ2) is 5.24. The third kappa shape index (κ3) is 2.82. The molecular formula is C10H17ClN2O2S2. The molecule has 0 radical (unpaired) electrons. The summed E-state index contributed by atoms with van der Waals surface area (Å²) in [6.45, 7) is 4.85. The Morgan fingerprint density at radius 1 is 1.47 bits per heavy atom. The Hall–Kier alpha value is -0.140. The summed E-state index contributed by atoms with van der Waals surface area (Å²) >= 11 is 1.34. The lowest BCUT2D eigenvalue weighted by molar-refractivity contribution is 0.474. The predicted octanol–water partition coefficient (Wildman–Crippen LogP) is 1.51. The maximum absolute atomic E-state index is 12.2. The van der Waals surface area contributed by atoms with Gasteiger partial charge in [0.1, 0.15) is 4.21 Å². The van der Waals surface area contributed by atoms with Gasteiger partial charge in [-0.3, -0.25) is 0 Å². The van der Waals surface area contributed by atoms with Crippen molar-refractivity contribution in [2.24, 2.45) is 5.73 Å². The maximum Gasteiger partial charge on any atom is 0.252 e. The summed E-state index contributed by atoms with van der Waals surface area (Å²) in [6.07, 6.45) is 0.753. The highest BCUT2D eigenvalue weighted by Gasteiger charge is 2.32. The van der Waals surface area contributed by atoms with Gasteiger partial charge in [0.05, 0.1) is 0 Å². The molecular weight excluding hydrogens is 280 g/mol. The minimum Gasteiger partial charge on any atom is -0.326 e. The van der Waals surface area contributed by atoms with Crippen LogP contribution in [0.4, 0.5) is 0 Å². The standard InChI is InChI=1S/C10H16N2O2S2.ClH/c1-7-5-10(15-8(7)2)16(13,14)12-4-3-9(11)6-12;/h5,9H,3-4,6,11H2,1-2H3;1H. The number of halogens is 1. The van der Waals surface area contributed by atoms with Crippen LogP contribution in [0.2, 0.25) is 0 Å². The fourth-order valence-electron chi connectivity index (χ4n) is 1.77. The summed E-state index contributed by atoms with van der Waals surface area (Å²) in [6, 6.07) is 1.73. The summed E-state index contributed by atoms with van der Waals surface area (Å²) in [4.78, 5) is 1.06. The number of hydrogen-bond acceptors (Lipinski definition) is 4. The molecule has 1 unspecified atom stereocenters. The second-order valence-corrected chi connectivity index (χ2v) is 7.64. The van der Waals surface area contributed by atoms with Crippen LogP contribution in [0.25, 0.3) is 0 Å². The van der Waals surface area contributed by atoms with E-state index >= 15 is 0 Å².